The summed E-state index contributed by atoms with van der Waals surface area (Å²) in [5.74, 6) is 0.774. The number of thioether (sulfide) groups is 1. The molecule has 3 aromatic rings. The SMILES string of the molecule is CCn1c(SCC(=O)Nc2ccccc2F)nnc1C(C)Oc1cccc(C)c1. The van der Waals surface area contributed by atoms with Crippen LogP contribution in [0.4, 0.5) is 10.1 Å². The first-order valence-electron chi connectivity index (χ1n) is 9.31. The van der Waals surface area contributed by atoms with E-state index in [0.29, 0.717) is 17.5 Å². The molecule has 0 saturated carbocycles. The van der Waals surface area contributed by atoms with Crippen molar-refractivity contribution in [2.75, 3.05) is 11.1 Å². The van der Waals surface area contributed by atoms with Crippen molar-refractivity contribution in [1.82, 2.24) is 14.8 Å². The maximum absolute atomic E-state index is 13.7. The van der Waals surface area contributed by atoms with Crippen LogP contribution in [0, 0.1) is 12.7 Å². The number of halogens is 1. The zero-order chi connectivity index (χ0) is 20.8. The second-order valence-electron chi connectivity index (χ2n) is 6.48. The Kier molecular flexibility index (Phi) is 6.87. The van der Waals surface area contributed by atoms with Gasteiger partial charge in [0.15, 0.2) is 17.1 Å². The van der Waals surface area contributed by atoms with Crippen molar-refractivity contribution in [1.29, 1.82) is 0 Å². The second kappa shape index (κ2) is 9.56. The maximum atomic E-state index is 13.7. The second-order valence-corrected chi connectivity index (χ2v) is 7.42. The molecule has 29 heavy (non-hydrogen) atoms. The molecule has 0 aliphatic heterocycles. The number of amides is 1. The lowest BCUT2D eigenvalue weighted by Crippen LogP contribution is -2.16. The number of rotatable bonds is 8. The highest BCUT2D eigenvalue weighted by molar-refractivity contribution is 7.99. The Morgan fingerprint density at radius 2 is 2.03 bits per heavy atom. The molecule has 0 bridgehead atoms. The lowest BCUT2D eigenvalue weighted by atomic mass is 10.2. The summed E-state index contributed by atoms with van der Waals surface area (Å²) in [5.41, 5.74) is 1.28. The number of carbonyl (C=O) groups is 1. The molecule has 0 radical (unpaired) electrons. The normalized spacial score (nSPS) is 11.9. The van der Waals surface area contributed by atoms with E-state index >= 15 is 0 Å². The van der Waals surface area contributed by atoms with Gasteiger partial charge in [-0.05, 0) is 50.6 Å². The van der Waals surface area contributed by atoms with Crippen LogP contribution < -0.4 is 10.1 Å². The molecule has 2 aromatic carbocycles. The van der Waals surface area contributed by atoms with Crippen molar-refractivity contribution in [3.8, 4) is 5.75 Å². The van der Waals surface area contributed by atoms with E-state index in [1.807, 2.05) is 49.6 Å². The van der Waals surface area contributed by atoms with E-state index in [0.717, 1.165) is 11.3 Å². The minimum atomic E-state index is -0.466. The van der Waals surface area contributed by atoms with Crippen molar-refractivity contribution >= 4 is 23.4 Å². The van der Waals surface area contributed by atoms with Crippen LogP contribution in [0.1, 0.15) is 31.3 Å². The van der Waals surface area contributed by atoms with E-state index in [4.69, 9.17) is 4.74 Å². The first kappa shape index (κ1) is 20.9. The molecule has 1 heterocycles. The van der Waals surface area contributed by atoms with Crippen LogP contribution in [0.15, 0.2) is 53.7 Å². The minimum absolute atomic E-state index is 0.0968. The molecule has 0 fully saturated rings. The summed E-state index contributed by atoms with van der Waals surface area (Å²) >= 11 is 1.25. The van der Waals surface area contributed by atoms with E-state index in [2.05, 4.69) is 15.5 Å². The van der Waals surface area contributed by atoms with E-state index in [1.54, 1.807) is 12.1 Å². The molecule has 8 heteroatoms. The first-order chi connectivity index (χ1) is 14.0. The number of hydrogen-bond acceptors (Lipinski definition) is 5. The van der Waals surface area contributed by atoms with Gasteiger partial charge < -0.3 is 14.6 Å². The predicted octanol–water partition coefficient (Wildman–Crippen LogP) is 4.62. The first-order valence-corrected chi connectivity index (χ1v) is 10.3. The van der Waals surface area contributed by atoms with E-state index in [1.165, 1.54) is 23.9 Å². The van der Waals surface area contributed by atoms with Gasteiger partial charge in [-0.1, -0.05) is 36.0 Å². The molecule has 0 aliphatic rings. The third-order valence-electron chi connectivity index (χ3n) is 4.21. The smallest absolute Gasteiger partial charge is 0.234 e. The Balaban J connectivity index is 1.64. The number of hydrogen-bond donors (Lipinski definition) is 1. The maximum Gasteiger partial charge on any atom is 0.234 e. The van der Waals surface area contributed by atoms with E-state index < -0.39 is 5.82 Å². The molecule has 0 aliphatic carbocycles. The molecule has 1 N–H and O–H groups in total. The van der Waals surface area contributed by atoms with Crippen molar-refractivity contribution in [2.24, 2.45) is 0 Å². The molecule has 0 spiro atoms. The number of benzene rings is 2. The van der Waals surface area contributed by atoms with Crippen LogP contribution in [-0.2, 0) is 11.3 Å². The fraction of sp³-hybridized carbons (Fsp3) is 0.286. The Labute approximate surface area is 173 Å². The van der Waals surface area contributed by atoms with Gasteiger partial charge in [-0.25, -0.2) is 4.39 Å². The van der Waals surface area contributed by atoms with Gasteiger partial charge in [-0.2, -0.15) is 0 Å². The summed E-state index contributed by atoms with van der Waals surface area (Å²) in [6.45, 7) is 6.54. The molecule has 1 amide bonds. The molecule has 1 unspecified atom stereocenters. The van der Waals surface area contributed by atoms with Gasteiger partial charge >= 0.3 is 0 Å². The van der Waals surface area contributed by atoms with Crippen LogP contribution in [0.25, 0.3) is 0 Å². The lowest BCUT2D eigenvalue weighted by molar-refractivity contribution is -0.113. The van der Waals surface area contributed by atoms with Crippen LogP contribution >= 0.6 is 11.8 Å². The Bertz CT molecular complexity index is 992. The third-order valence-corrected chi connectivity index (χ3v) is 5.17. The number of ether oxygens (including phenoxy) is 1. The van der Waals surface area contributed by atoms with Gasteiger partial charge in [-0.3, -0.25) is 4.79 Å². The standard InChI is InChI=1S/C21H23FN4O2S/c1-4-26-20(15(3)28-16-9-7-8-14(2)12-16)24-25-21(26)29-13-19(27)23-18-11-6-5-10-17(18)22/h5-12,15H,4,13H2,1-3H3,(H,23,27). The number of nitrogens with zero attached hydrogens (tertiary/aromatic N) is 3. The number of anilines is 1. The third kappa shape index (κ3) is 5.35. The van der Waals surface area contributed by atoms with Crippen molar-refractivity contribution in [3.05, 3.63) is 65.7 Å². The summed E-state index contributed by atoms with van der Waals surface area (Å²) < 4.78 is 21.6. The van der Waals surface area contributed by atoms with Crippen LogP contribution in [0.3, 0.4) is 0 Å². The van der Waals surface area contributed by atoms with Crippen molar-refractivity contribution in [2.45, 2.75) is 38.6 Å². The van der Waals surface area contributed by atoms with Crippen LogP contribution in [-0.4, -0.2) is 26.4 Å². The molecule has 6 nitrogen and oxygen atoms in total. The summed E-state index contributed by atoms with van der Waals surface area (Å²) in [6, 6.07) is 13.9. The molecule has 152 valence electrons. The summed E-state index contributed by atoms with van der Waals surface area (Å²) in [7, 11) is 0. The molecule has 1 aromatic heterocycles. The van der Waals surface area contributed by atoms with Gasteiger partial charge in [0.2, 0.25) is 5.91 Å². The highest BCUT2D eigenvalue weighted by Gasteiger charge is 2.19. The number of carbonyl (C=O) groups excluding carboxylic acids is 1. The quantitative estimate of drug-likeness (QED) is 0.545. The fourth-order valence-electron chi connectivity index (χ4n) is 2.83. The largest absolute Gasteiger partial charge is 0.483 e. The van der Waals surface area contributed by atoms with Crippen LogP contribution in [0.2, 0.25) is 0 Å². The Hall–Kier alpha value is -2.87. The fourth-order valence-corrected chi connectivity index (χ4v) is 3.64. The lowest BCUT2D eigenvalue weighted by Gasteiger charge is -2.16. The van der Waals surface area contributed by atoms with Crippen molar-refractivity contribution in [3.63, 3.8) is 0 Å². The predicted molar refractivity (Wildman–Crippen MR) is 112 cm³/mol. The van der Waals surface area contributed by atoms with Gasteiger partial charge in [-0.15, -0.1) is 10.2 Å². The number of para-hydroxylation sites is 1. The average Bonchev–Trinajstić information content (AvgIpc) is 3.11. The zero-order valence-electron chi connectivity index (χ0n) is 16.6. The molecule has 3 rings (SSSR count). The van der Waals surface area contributed by atoms with Gasteiger partial charge in [0.05, 0.1) is 11.4 Å². The van der Waals surface area contributed by atoms with Gasteiger partial charge in [0.25, 0.3) is 0 Å². The minimum Gasteiger partial charge on any atom is -0.483 e. The molecule has 0 saturated heterocycles. The number of aromatic nitrogens is 3. The monoisotopic (exact) mass is 414 g/mol. The Morgan fingerprint density at radius 3 is 2.76 bits per heavy atom. The van der Waals surface area contributed by atoms with Crippen molar-refractivity contribution < 1.29 is 13.9 Å². The summed E-state index contributed by atoms with van der Waals surface area (Å²) in [4.78, 5) is 12.2. The molecular weight excluding hydrogens is 391 g/mol. The number of aryl methyl sites for hydroxylation is 1. The molecule has 1 atom stereocenters. The summed E-state index contributed by atoms with van der Waals surface area (Å²) in [5, 5.41) is 11.6. The zero-order valence-corrected chi connectivity index (χ0v) is 17.4. The van der Waals surface area contributed by atoms with Gasteiger partial charge in [0.1, 0.15) is 11.6 Å². The number of nitrogens with one attached hydrogen (secondary N) is 1. The van der Waals surface area contributed by atoms with Gasteiger partial charge in [0, 0.05) is 6.54 Å². The van der Waals surface area contributed by atoms with E-state index in [-0.39, 0.29) is 23.5 Å². The van der Waals surface area contributed by atoms with Crippen LogP contribution in [0.5, 0.6) is 5.75 Å². The molecular formula is C21H23FN4O2S. The summed E-state index contributed by atoms with van der Waals surface area (Å²) in [6.07, 6.45) is -0.300. The highest BCUT2D eigenvalue weighted by atomic mass is 32.2. The van der Waals surface area contributed by atoms with E-state index in [9.17, 15) is 9.18 Å². The topological polar surface area (TPSA) is 69.0 Å². The Morgan fingerprint density at radius 1 is 1.24 bits per heavy atom. The highest BCUT2D eigenvalue weighted by Crippen LogP contribution is 2.25. The average molecular weight is 415 g/mol.